The van der Waals surface area contributed by atoms with Crippen molar-refractivity contribution >= 4 is 35.3 Å². The maximum absolute atomic E-state index is 10.4. The molecule has 0 aromatic heterocycles. The average Bonchev–Trinajstić information content (AvgIpc) is 2.53. The Morgan fingerprint density at radius 2 is 0.781 bits per heavy atom. The normalized spacial score (nSPS) is 8.34. The Bertz CT molecular complexity index is 471. The van der Waals surface area contributed by atoms with Crippen molar-refractivity contribution in [3.05, 3.63) is 20.8 Å². The Kier molecular flexibility index (Phi) is 36.3. The van der Waals surface area contributed by atoms with Crippen molar-refractivity contribution in [1.29, 1.82) is 0 Å². The van der Waals surface area contributed by atoms with Gasteiger partial charge in [0.1, 0.15) is 0 Å². The summed E-state index contributed by atoms with van der Waals surface area (Å²) in [6.45, 7) is 18.5. The van der Waals surface area contributed by atoms with Gasteiger partial charge in [-0.1, -0.05) is 0 Å². The summed E-state index contributed by atoms with van der Waals surface area (Å²) >= 11 is 0. The number of aliphatic hydroxyl groups excluding tert-OH is 1. The molecule has 0 rings (SSSR count). The second kappa shape index (κ2) is 28.9. The zero-order valence-electron chi connectivity index (χ0n) is 19.6. The van der Waals surface area contributed by atoms with E-state index >= 15 is 0 Å². The second-order valence-corrected chi connectivity index (χ2v) is 5.66. The van der Waals surface area contributed by atoms with Gasteiger partial charge < -0.3 is 54.5 Å². The number of rotatable bonds is 9. The predicted molar refractivity (Wildman–Crippen MR) is 112 cm³/mol. The molecule has 0 spiro atoms. The van der Waals surface area contributed by atoms with Gasteiger partial charge in [0.25, 0.3) is 0 Å². The monoisotopic (exact) mass is 537 g/mol. The van der Waals surface area contributed by atoms with Crippen LogP contribution in [0.25, 0.3) is 0 Å². The first kappa shape index (κ1) is 40.3. The van der Waals surface area contributed by atoms with Crippen LogP contribution in [-0.2, 0) is 69.2 Å². The first-order valence-electron chi connectivity index (χ1n) is 9.42. The molecule has 0 aliphatic rings. The summed E-state index contributed by atoms with van der Waals surface area (Å²) in [6, 6.07) is 0. The molecule has 0 saturated heterocycles. The van der Waals surface area contributed by atoms with Crippen LogP contribution >= 0.6 is 0 Å². The largest absolute Gasteiger partial charge is 3.00 e. The molecule has 0 bridgehead atoms. The van der Waals surface area contributed by atoms with Gasteiger partial charge in [0, 0.05) is 23.5 Å². The van der Waals surface area contributed by atoms with Gasteiger partial charge in [0.2, 0.25) is 0 Å². The smallest absolute Gasteiger partial charge is 0.466 e. The van der Waals surface area contributed by atoms with Crippen LogP contribution in [0.2, 0.25) is 0 Å². The molecule has 0 fully saturated rings. The predicted octanol–water partition coefficient (Wildman–Crippen LogP) is 1.41. The van der Waals surface area contributed by atoms with E-state index in [2.05, 4.69) is 35.0 Å². The third kappa shape index (κ3) is 56.5. The second-order valence-electron chi connectivity index (χ2n) is 5.66. The molecule has 0 unspecified atom stereocenters. The third-order valence-electron chi connectivity index (χ3n) is 1.94. The fraction of sp³-hybridized carbons (Fsp3) is 0.571. The van der Waals surface area contributed by atoms with Gasteiger partial charge in [-0.05, 0) is 34.6 Å². The molecule has 0 aliphatic heterocycles. The minimum atomic E-state index is -0.502. The van der Waals surface area contributed by atoms with E-state index in [1.54, 1.807) is 34.6 Å². The number of hydrogen-bond donors (Lipinski definition) is 1. The molecule has 1 radical (unpaired) electrons. The maximum atomic E-state index is 10.4. The SMILES string of the molecule is CC(C)O.[CH2-]C(=O)CC(=O)OCC.[CH2-]C(=O)CC(=O)OCC.[CH2-]C(=O)CC(=O)OCC.[Zr+3]. The molecule has 32 heavy (non-hydrogen) atoms. The van der Waals surface area contributed by atoms with Gasteiger partial charge in [-0.3, -0.25) is 14.4 Å². The van der Waals surface area contributed by atoms with E-state index in [9.17, 15) is 28.8 Å². The van der Waals surface area contributed by atoms with E-state index in [0.29, 0.717) is 19.8 Å². The Morgan fingerprint density at radius 1 is 0.625 bits per heavy atom. The molecule has 0 atom stereocenters. The molecular weight excluding hydrogens is 503 g/mol. The van der Waals surface area contributed by atoms with Gasteiger partial charge in [0.15, 0.2) is 0 Å². The number of ether oxygens (including phenoxy) is 3. The zero-order chi connectivity index (χ0) is 25.4. The van der Waals surface area contributed by atoms with Gasteiger partial charge in [-0.2, -0.15) is 0 Å². The van der Waals surface area contributed by atoms with Crippen LogP contribution in [0.1, 0.15) is 53.9 Å². The van der Waals surface area contributed by atoms with Gasteiger partial charge in [-0.25, -0.2) is 0 Å². The van der Waals surface area contributed by atoms with E-state index in [0.717, 1.165) is 0 Å². The molecule has 0 saturated carbocycles. The van der Waals surface area contributed by atoms with E-state index in [1.807, 2.05) is 0 Å². The molecule has 0 amide bonds. The topological polar surface area (TPSA) is 150 Å². The Morgan fingerprint density at radius 3 is 0.875 bits per heavy atom. The summed E-state index contributed by atoms with van der Waals surface area (Å²) < 4.78 is 13.4. The maximum Gasteiger partial charge on any atom is 3.00 e. The molecular formula is C21H35O10Zr. The summed E-state index contributed by atoms with van der Waals surface area (Å²) in [5.74, 6) is -2.73. The van der Waals surface area contributed by atoms with Crippen LogP contribution in [0.15, 0.2) is 0 Å². The third-order valence-corrected chi connectivity index (χ3v) is 1.94. The van der Waals surface area contributed by atoms with E-state index < -0.39 is 35.3 Å². The van der Waals surface area contributed by atoms with Crippen LogP contribution in [0, 0.1) is 20.8 Å². The Labute approximate surface area is 209 Å². The minimum absolute atomic E-state index is 0. The number of hydrogen-bond acceptors (Lipinski definition) is 10. The molecule has 183 valence electrons. The van der Waals surface area contributed by atoms with Crippen LogP contribution in [0.4, 0.5) is 0 Å². The van der Waals surface area contributed by atoms with Crippen LogP contribution in [-0.4, -0.2) is 66.3 Å². The Hall–Kier alpha value is -2.13. The fourth-order valence-corrected chi connectivity index (χ4v) is 1.12. The molecule has 10 nitrogen and oxygen atoms in total. The van der Waals surface area contributed by atoms with Crippen molar-refractivity contribution in [1.82, 2.24) is 0 Å². The summed E-state index contributed by atoms with van der Waals surface area (Å²) in [4.78, 5) is 61.5. The first-order chi connectivity index (χ1) is 14.2. The van der Waals surface area contributed by atoms with Gasteiger partial charge >= 0.3 is 44.1 Å². The standard InChI is InChI=1S/3C6H9O3.C3H8O.Zr/c3*1-3-9-6(8)4-5(2)7;1-3(2)4;/h3*2-4H2,1H3;3-4H,1-2H3;/q3*-1;;+3. The molecule has 11 heteroatoms. The van der Waals surface area contributed by atoms with Crippen molar-refractivity contribution in [3.63, 3.8) is 0 Å². The summed E-state index contributed by atoms with van der Waals surface area (Å²) in [7, 11) is 0. The van der Waals surface area contributed by atoms with E-state index in [1.165, 1.54) is 0 Å². The van der Waals surface area contributed by atoms with Crippen LogP contribution in [0.5, 0.6) is 0 Å². The molecule has 0 aliphatic carbocycles. The number of ketones is 3. The van der Waals surface area contributed by atoms with Crippen molar-refractivity contribution in [2.45, 2.75) is 60.0 Å². The van der Waals surface area contributed by atoms with E-state index in [4.69, 9.17) is 5.11 Å². The van der Waals surface area contributed by atoms with Crippen molar-refractivity contribution in [2.75, 3.05) is 19.8 Å². The fourth-order valence-electron chi connectivity index (χ4n) is 1.12. The molecule has 1 N–H and O–H groups in total. The first-order valence-corrected chi connectivity index (χ1v) is 9.42. The number of carbonyl (C=O) groups is 6. The molecule has 0 aromatic rings. The van der Waals surface area contributed by atoms with Gasteiger partial charge in [-0.15, -0.1) is 0 Å². The Balaban J connectivity index is -0.000000104. The summed E-state index contributed by atoms with van der Waals surface area (Å²) in [5, 5.41) is 8.06. The van der Waals surface area contributed by atoms with Crippen LogP contribution < -0.4 is 0 Å². The summed E-state index contributed by atoms with van der Waals surface area (Å²) in [5.41, 5.74) is 0. The quantitative estimate of drug-likeness (QED) is 0.197. The molecule has 0 aromatic carbocycles. The van der Waals surface area contributed by atoms with E-state index in [-0.39, 0.29) is 51.6 Å². The number of aliphatic hydroxyl groups is 1. The van der Waals surface area contributed by atoms with Gasteiger partial charge in [0.05, 0.1) is 39.1 Å². The van der Waals surface area contributed by atoms with Crippen LogP contribution in [0.3, 0.4) is 0 Å². The number of Topliss-reactive ketones (excluding diaryl/α,β-unsaturated/α-hetero) is 3. The van der Waals surface area contributed by atoms with Crippen molar-refractivity contribution < 1.29 is 74.3 Å². The minimum Gasteiger partial charge on any atom is -0.466 e. The zero-order valence-corrected chi connectivity index (χ0v) is 22.0. The number of esters is 3. The average molecular weight is 539 g/mol. The number of carbonyl (C=O) groups excluding carboxylic acids is 6. The molecule has 0 heterocycles. The summed E-state index contributed by atoms with van der Waals surface area (Å²) in [6.07, 6.45) is -0.810. The van der Waals surface area contributed by atoms with Crippen molar-refractivity contribution in [3.8, 4) is 0 Å². The van der Waals surface area contributed by atoms with Crippen molar-refractivity contribution in [2.24, 2.45) is 0 Å².